The average molecular weight is 1180 g/mol. The van der Waals surface area contributed by atoms with Gasteiger partial charge in [-0.25, -0.2) is 0 Å². The van der Waals surface area contributed by atoms with Gasteiger partial charge >= 0.3 is 0 Å². The molecule has 7 unspecified atom stereocenters. The fourth-order valence-electron chi connectivity index (χ4n) is 11.9. The number of carbonyl (C=O) groups excluding carboxylic acids is 1. The summed E-state index contributed by atoms with van der Waals surface area (Å²) in [5, 5.41) is 54.8. The van der Waals surface area contributed by atoms with Crippen molar-refractivity contribution in [3.63, 3.8) is 0 Å². The van der Waals surface area contributed by atoms with Crippen molar-refractivity contribution in [2.75, 3.05) is 13.2 Å². The van der Waals surface area contributed by atoms with Crippen LogP contribution < -0.4 is 5.32 Å². The van der Waals surface area contributed by atoms with Crippen LogP contribution in [0.25, 0.3) is 0 Å². The largest absolute Gasteiger partial charge is 0.394 e. The van der Waals surface area contributed by atoms with Gasteiger partial charge in [0.25, 0.3) is 0 Å². The lowest BCUT2D eigenvalue weighted by Crippen LogP contribution is -2.60. The van der Waals surface area contributed by atoms with Crippen LogP contribution in [0.1, 0.15) is 367 Å². The van der Waals surface area contributed by atoms with E-state index in [2.05, 4.69) is 55.6 Å². The second-order valence-electron chi connectivity index (χ2n) is 25.7. The number of hydrogen-bond acceptors (Lipinski definition) is 8. The van der Waals surface area contributed by atoms with E-state index >= 15 is 0 Å². The number of aliphatic hydroxyl groups is 5. The van der Waals surface area contributed by atoms with E-state index in [1.54, 1.807) is 6.08 Å². The number of unbranched alkanes of at least 4 members (excludes halogenated alkanes) is 49. The molecule has 494 valence electrons. The van der Waals surface area contributed by atoms with Gasteiger partial charge < -0.3 is 40.3 Å². The van der Waals surface area contributed by atoms with Gasteiger partial charge in [0, 0.05) is 6.42 Å². The number of rotatable bonds is 65. The van der Waals surface area contributed by atoms with Gasteiger partial charge in [0.15, 0.2) is 6.29 Å². The predicted molar refractivity (Wildman–Crippen MR) is 359 cm³/mol. The molecule has 0 bridgehead atoms. The summed E-state index contributed by atoms with van der Waals surface area (Å²) in [5.41, 5.74) is 0. The van der Waals surface area contributed by atoms with E-state index in [0.29, 0.717) is 6.42 Å². The zero-order chi connectivity index (χ0) is 60.7. The van der Waals surface area contributed by atoms with Crippen molar-refractivity contribution in [3.05, 3.63) is 48.6 Å². The van der Waals surface area contributed by atoms with Crippen LogP contribution in [0, 0.1) is 0 Å². The van der Waals surface area contributed by atoms with Crippen molar-refractivity contribution in [1.82, 2.24) is 5.32 Å². The van der Waals surface area contributed by atoms with Gasteiger partial charge in [-0.2, -0.15) is 0 Å². The maximum Gasteiger partial charge on any atom is 0.220 e. The average Bonchev–Trinajstić information content (AvgIpc) is 3.69. The maximum absolute atomic E-state index is 13.1. The zero-order valence-corrected chi connectivity index (χ0v) is 55.4. The number of allylic oxidation sites excluding steroid dienone is 7. The number of ether oxygens (including phenoxy) is 2. The van der Waals surface area contributed by atoms with Crippen LogP contribution in [-0.4, -0.2) is 87.5 Å². The molecule has 0 radical (unpaired) electrons. The topological polar surface area (TPSA) is 149 Å². The molecule has 0 spiro atoms. The summed E-state index contributed by atoms with van der Waals surface area (Å²) in [6.07, 6.45) is 80.9. The van der Waals surface area contributed by atoms with Crippen LogP contribution >= 0.6 is 0 Å². The number of aliphatic hydroxyl groups excluding tert-OH is 5. The molecule has 1 heterocycles. The van der Waals surface area contributed by atoms with E-state index < -0.39 is 49.5 Å². The summed E-state index contributed by atoms with van der Waals surface area (Å²) < 4.78 is 11.3. The number of nitrogens with one attached hydrogen (secondary N) is 1. The summed E-state index contributed by atoms with van der Waals surface area (Å²) in [6, 6.07) is -0.824. The van der Waals surface area contributed by atoms with Gasteiger partial charge in [-0.1, -0.05) is 345 Å². The lowest BCUT2D eigenvalue weighted by Gasteiger charge is -2.40. The minimum atomic E-state index is -1.57. The Morgan fingerprint density at radius 1 is 0.405 bits per heavy atom. The minimum Gasteiger partial charge on any atom is -0.394 e. The van der Waals surface area contributed by atoms with Crippen LogP contribution in [-0.2, 0) is 14.3 Å². The summed E-state index contributed by atoms with van der Waals surface area (Å²) >= 11 is 0. The van der Waals surface area contributed by atoms with E-state index in [1.807, 2.05) is 6.08 Å². The third kappa shape index (κ3) is 52.1. The highest BCUT2D eigenvalue weighted by molar-refractivity contribution is 5.76. The number of carbonyl (C=O) groups is 1. The Morgan fingerprint density at radius 3 is 1.07 bits per heavy atom. The molecule has 9 nitrogen and oxygen atoms in total. The van der Waals surface area contributed by atoms with Gasteiger partial charge in [0.05, 0.1) is 25.4 Å². The molecule has 7 atom stereocenters. The second kappa shape index (κ2) is 64.1. The first kappa shape index (κ1) is 80.2. The molecule has 1 aliphatic heterocycles. The van der Waals surface area contributed by atoms with Gasteiger partial charge in [0.1, 0.15) is 24.4 Å². The Kier molecular flexibility index (Phi) is 61.2. The highest BCUT2D eigenvalue weighted by atomic mass is 16.7. The lowest BCUT2D eigenvalue weighted by atomic mass is 9.99. The van der Waals surface area contributed by atoms with Gasteiger partial charge in [0.2, 0.25) is 5.91 Å². The van der Waals surface area contributed by atoms with Crippen LogP contribution in [0.4, 0.5) is 0 Å². The van der Waals surface area contributed by atoms with E-state index in [9.17, 15) is 30.3 Å². The number of amides is 1. The predicted octanol–water partition coefficient (Wildman–Crippen LogP) is 20.4. The SMILES string of the molecule is CCCCCCC/C=C\C/C=C\CCCCCCCCCCCCCCCCCCCC(=O)NC(COC1OC(CO)C(O)C(O)C1O)C(O)/C=C/CC/C=C/CCCCCCCCCCCCCCCCCCCCCCCCCCCC. The summed E-state index contributed by atoms with van der Waals surface area (Å²) in [4.78, 5) is 13.1. The molecule has 0 saturated carbocycles. The Labute approximate surface area is 520 Å². The van der Waals surface area contributed by atoms with E-state index in [4.69, 9.17) is 9.47 Å². The second-order valence-corrected chi connectivity index (χ2v) is 25.7. The van der Waals surface area contributed by atoms with Crippen LogP contribution in [0.5, 0.6) is 0 Å². The molecule has 0 aromatic rings. The van der Waals surface area contributed by atoms with Crippen LogP contribution in [0.3, 0.4) is 0 Å². The zero-order valence-electron chi connectivity index (χ0n) is 55.4. The Morgan fingerprint density at radius 2 is 0.714 bits per heavy atom. The van der Waals surface area contributed by atoms with Gasteiger partial charge in [-0.3, -0.25) is 4.79 Å². The summed E-state index contributed by atoms with van der Waals surface area (Å²) in [6.45, 7) is 3.81. The highest BCUT2D eigenvalue weighted by Gasteiger charge is 2.44. The Bertz CT molecular complexity index is 1470. The van der Waals surface area contributed by atoms with E-state index in [0.717, 1.165) is 44.9 Å². The Balaban J connectivity index is 2.12. The molecule has 84 heavy (non-hydrogen) atoms. The van der Waals surface area contributed by atoms with Gasteiger partial charge in [-0.15, -0.1) is 0 Å². The fraction of sp³-hybridized carbons (Fsp3) is 0.880. The summed E-state index contributed by atoms with van der Waals surface area (Å²) in [5.74, 6) is -0.181. The maximum atomic E-state index is 13.1. The first-order valence-electron chi connectivity index (χ1n) is 36.9. The minimum absolute atomic E-state index is 0.181. The van der Waals surface area contributed by atoms with Crippen molar-refractivity contribution >= 4 is 5.91 Å². The molecule has 1 fully saturated rings. The smallest absolute Gasteiger partial charge is 0.220 e. The standard InChI is InChI=1S/C75H141NO8/c1-3-5-7-9-11-13-15-17-19-21-23-25-27-29-31-33-34-35-37-38-40-42-44-46-48-50-52-54-56-58-60-62-64-69(78)68(67-83-75-74(82)73(81)72(80)70(66-77)84-75)76-71(79)65-63-61-59-57-55-53-51-49-47-45-43-41-39-36-32-30-28-26-24-22-20-18-16-14-12-10-8-6-4-2/h16,18,22,24,54,56,62,64,68-70,72-75,77-78,80-82H,3-15,17,19-21,23,25-53,55,57-61,63,65-67H2,1-2H3,(H,76,79)/b18-16-,24-22-,56-54+,64-62+. The van der Waals surface area contributed by atoms with Crippen molar-refractivity contribution in [2.45, 2.75) is 410 Å². The molecule has 9 heteroatoms. The molecule has 1 saturated heterocycles. The normalized spacial score (nSPS) is 18.4. The third-order valence-electron chi connectivity index (χ3n) is 17.6. The first-order chi connectivity index (χ1) is 41.3. The van der Waals surface area contributed by atoms with E-state index in [1.165, 1.54) is 302 Å². The van der Waals surface area contributed by atoms with Crippen molar-refractivity contribution in [3.8, 4) is 0 Å². The molecule has 6 N–H and O–H groups in total. The highest BCUT2D eigenvalue weighted by Crippen LogP contribution is 2.23. The first-order valence-corrected chi connectivity index (χ1v) is 36.9. The molecule has 1 aliphatic rings. The van der Waals surface area contributed by atoms with Crippen molar-refractivity contribution in [2.24, 2.45) is 0 Å². The quantitative estimate of drug-likeness (QED) is 0.0261. The monoisotopic (exact) mass is 1180 g/mol. The molecular formula is C75H141NO8. The van der Waals surface area contributed by atoms with Crippen LogP contribution in [0.2, 0.25) is 0 Å². The van der Waals surface area contributed by atoms with Crippen LogP contribution in [0.15, 0.2) is 48.6 Å². The molecule has 1 rings (SSSR count). The molecule has 0 aliphatic carbocycles. The molecule has 0 aromatic carbocycles. The molecular weight excluding hydrogens is 1040 g/mol. The van der Waals surface area contributed by atoms with Crippen molar-refractivity contribution in [1.29, 1.82) is 0 Å². The summed E-state index contributed by atoms with van der Waals surface area (Å²) in [7, 11) is 0. The third-order valence-corrected chi connectivity index (χ3v) is 17.6. The Hall–Kier alpha value is -1.85. The van der Waals surface area contributed by atoms with Crippen molar-refractivity contribution < 1.29 is 39.8 Å². The molecule has 0 aromatic heterocycles. The number of hydrogen-bond donors (Lipinski definition) is 6. The fourth-order valence-corrected chi connectivity index (χ4v) is 11.9. The van der Waals surface area contributed by atoms with E-state index in [-0.39, 0.29) is 12.5 Å². The lowest BCUT2D eigenvalue weighted by molar-refractivity contribution is -0.302. The molecule has 1 amide bonds. The van der Waals surface area contributed by atoms with Gasteiger partial charge in [-0.05, 0) is 64.2 Å².